The Labute approximate surface area is 133 Å². The average Bonchev–Trinajstić information content (AvgIpc) is 1.95. The molecule has 0 spiro atoms. The molecule has 0 rings (SSSR count). The molecule has 0 atom stereocenters. The molecule has 0 fully saturated rings. The first-order valence-corrected chi connectivity index (χ1v) is 5.28. The van der Waals surface area contributed by atoms with Crippen LogP contribution in [0, 0.1) is 0 Å². The Kier molecular flexibility index (Phi) is 10.0. The molecule has 0 unspecified atom stereocenters. The van der Waals surface area contributed by atoms with Gasteiger partial charge in [-0.1, -0.05) is 6.58 Å². The second kappa shape index (κ2) is 8.12. The molecule has 0 radical (unpaired) electrons. The molecule has 0 aliphatic rings. The molecule has 76 valence electrons. The molecule has 0 aliphatic carbocycles. The van der Waals surface area contributed by atoms with Gasteiger partial charge in [-0.2, -0.15) is 0 Å². The van der Waals surface area contributed by atoms with Crippen LogP contribution < -0.4 is 63.5 Å². The first kappa shape index (κ1) is 17.3. The number of carbonyl (C=O) groups is 1. The van der Waals surface area contributed by atoms with E-state index in [-0.39, 0.29) is 77.1 Å². The Bertz CT molecular complexity index is 299. The summed E-state index contributed by atoms with van der Waals surface area (Å²) in [6.07, 6.45) is 0.130. The minimum Gasteiger partial charge on any atom is -0.748 e. The van der Waals surface area contributed by atoms with Crippen LogP contribution in [0.25, 0.3) is 0 Å². The molecule has 0 aromatic heterocycles. The molecule has 0 saturated heterocycles. The van der Waals surface area contributed by atoms with Gasteiger partial charge in [0.2, 0.25) is 5.91 Å². The van der Waals surface area contributed by atoms with Crippen LogP contribution in [0.3, 0.4) is 0 Å². The van der Waals surface area contributed by atoms with Crippen molar-refractivity contribution >= 4 is 16.0 Å². The largest absolute Gasteiger partial charge is 1.00 e. The second-order valence-corrected chi connectivity index (χ2v) is 4.18. The third-order valence-electron chi connectivity index (χ3n) is 1.24. The van der Waals surface area contributed by atoms with E-state index in [1.165, 1.54) is 0 Å². The van der Waals surface area contributed by atoms with Gasteiger partial charge in [0.15, 0.2) is 0 Å². The average molecular weight is 292 g/mol. The fourth-order valence-electron chi connectivity index (χ4n) is 0.602. The smallest absolute Gasteiger partial charge is 0.748 e. The third kappa shape index (κ3) is 11.0. The molecular formula is C7H12NO4RbS. The van der Waals surface area contributed by atoms with Crippen molar-refractivity contribution in [3.63, 3.8) is 0 Å². The summed E-state index contributed by atoms with van der Waals surface area (Å²) in [6, 6.07) is 0. The molecule has 0 heterocycles. The van der Waals surface area contributed by atoms with Crippen molar-refractivity contribution in [2.24, 2.45) is 0 Å². The zero-order valence-corrected chi connectivity index (χ0v) is 14.1. The van der Waals surface area contributed by atoms with Gasteiger partial charge < -0.3 is 9.87 Å². The number of hydrogen-bond donors (Lipinski definition) is 1. The number of amides is 1. The molecule has 0 aliphatic heterocycles. The van der Waals surface area contributed by atoms with Gasteiger partial charge in [0.25, 0.3) is 0 Å². The Morgan fingerprint density at radius 3 is 2.36 bits per heavy atom. The first-order valence-electron chi connectivity index (χ1n) is 3.70. The standard InChI is InChI=1S/C7H13NO4S.Rb/c1-6(2)7(9)8-4-3-5-13(10,11)12;/h1,3-5H2,2H3,(H,8,9)(H,10,11,12);/q;+1/p-1. The van der Waals surface area contributed by atoms with Gasteiger partial charge >= 0.3 is 58.2 Å². The summed E-state index contributed by atoms with van der Waals surface area (Å²) in [5.41, 5.74) is 0.352. The minimum atomic E-state index is -4.17. The maximum Gasteiger partial charge on any atom is 1.00 e. The summed E-state index contributed by atoms with van der Waals surface area (Å²) in [5.74, 6) is -0.785. The van der Waals surface area contributed by atoms with Crippen LogP contribution in [0.2, 0.25) is 0 Å². The van der Waals surface area contributed by atoms with Gasteiger partial charge in [-0.15, -0.1) is 0 Å². The van der Waals surface area contributed by atoms with E-state index in [1.54, 1.807) is 6.92 Å². The maximum atomic E-state index is 10.8. The van der Waals surface area contributed by atoms with Gasteiger partial charge in [0, 0.05) is 17.9 Å². The molecule has 0 aromatic carbocycles. The van der Waals surface area contributed by atoms with Crippen molar-refractivity contribution < 1.29 is 76.0 Å². The monoisotopic (exact) mass is 291 g/mol. The summed E-state index contributed by atoms with van der Waals surface area (Å²) in [5, 5.41) is 2.41. The Hall–Kier alpha value is 0.925. The van der Waals surface area contributed by atoms with Crippen LogP contribution in [-0.4, -0.2) is 31.2 Å². The maximum absolute atomic E-state index is 10.8. The summed E-state index contributed by atoms with van der Waals surface area (Å²) in [7, 11) is -4.17. The number of nitrogens with one attached hydrogen (secondary N) is 1. The van der Waals surface area contributed by atoms with Gasteiger partial charge in [-0.3, -0.25) is 4.79 Å². The summed E-state index contributed by atoms with van der Waals surface area (Å²) >= 11 is 0. The summed E-state index contributed by atoms with van der Waals surface area (Å²) in [6.45, 7) is 5.11. The van der Waals surface area contributed by atoms with Gasteiger partial charge in [-0.05, 0) is 13.3 Å². The molecule has 1 amide bonds. The first-order chi connectivity index (χ1) is 5.83. The van der Waals surface area contributed by atoms with E-state index in [0.717, 1.165) is 0 Å². The van der Waals surface area contributed by atoms with Crippen LogP contribution in [0.5, 0.6) is 0 Å². The quantitative estimate of drug-likeness (QED) is 0.325. The number of hydrogen-bond acceptors (Lipinski definition) is 4. The molecule has 0 aromatic rings. The number of rotatable bonds is 5. The Balaban J connectivity index is 0. The van der Waals surface area contributed by atoms with E-state index in [4.69, 9.17) is 0 Å². The van der Waals surface area contributed by atoms with E-state index >= 15 is 0 Å². The fraction of sp³-hybridized carbons (Fsp3) is 0.571. The van der Waals surface area contributed by atoms with Crippen LogP contribution in [0.1, 0.15) is 13.3 Å². The zero-order chi connectivity index (χ0) is 10.5. The van der Waals surface area contributed by atoms with Crippen molar-refractivity contribution in [1.82, 2.24) is 5.32 Å². The zero-order valence-electron chi connectivity index (χ0n) is 8.37. The SMILES string of the molecule is C=C(C)C(=O)NCCCS(=O)(=O)[O-].[Rb+]. The molecule has 1 N–H and O–H groups in total. The van der Waals surface area contributed by atoms with Crippen LogP contribution in [0.4, 0.5) is 0 Å². The number of carbonyl (C=O) groups excluding carboxylic acids is 1. The predicted molar refractivity (Wildman–Crippen MR) is 47.0 cm³/mol. The Morgan fingerprint density at radius 2 is 2.00 bits per heavy atom. The summed E-state index contributed by atoms with van der Waals surface area (Å²) in [4.78, 5) is 10.8. The normalized spacial score (nSPS) is 10.1. The third-order valence-corrected chi connectivity index (χ3v) is 2.03. The van der Waals surface area contributed by atoms with Crippen molar-refractivity contribution in [2.45, 2.75) is 13.3 Å². The predicted octanol–water partition coefficient (Wildman–Crippen LogP) is -3.38. The van der Waals surface area contributed by atoms with Gasteiger partial charge in [0.1, 0.15) is 0 Å². The van der Waals surface area contributed by atoms with Crippen LogP contribution >= 0.6 is 0 Å². The van der Waals surface area contributed by atoms with E-state index in [9.17, 15) is 17.8 Å². The van der Waals surface area contributed by atoms with E-state index in [0.29, 0.717) is 5.57 Å². The van der Waals surface area contributed by atoms with E-state index < -0.39 is 15.9 Å². The molecule has 14 heavy (non-hydrogen) atoms. The molecular weight excluding hydrogens is 280 g/mol. The van der Waals surface area contributed by atoms with Crippen molar-refractivity contribution in [2.75, 3.05) is 12.3 Å². The van der Waals surface area contributed by atoms with Crippen molar-refractivity contribution in [3.05, 3.63) is 12.2 Å². The van der Waals surface area contributed by atoms with Crippen LogP contribution in [-0.2, 0) is 14.9 Å². The van der Waals surface area contributed by atoms with Crippen molar-refractivity contribution in [3.8, 4) is 0 Å². The summed E-state index contributed by atoms with van der Waals surface area (Å²) < 4.78 is 30.4. The fourth-order valence-corrected chi connectivity index (χ4v) is 1.10. The molecule has 7 heteroatoms. The van der Waals surface area contributed by atoms with Gasteiger partial charge in [-0.25, -0.2) is 8.42 Å². The Morgan fingerprint density at radius 1 is 1.50 bits per heavy atom. The molecule has 0 bridgehead atoms. The minimum absolute atomic E-state index is 0. The molecule has 5 nitrogen and oxygen atoms in total. The second-order valence-electron chi connectivity index (χ2n) is 2.65. The topological polar surface area (TPSA) is 86.3 Å². The van der Waals surface area contributed by atoms with E-state index in [1.807, 2.05) is 0 Å². The van der Waals surface area contributed by atoms with Gasteiger partial charge in [0.05, 0.1) is 10.1 Å². The van der Waals surface area contributed by atoms with Crippen LogP contribution in [0.15, 0.2) is 12.2 Å². The van der Waals surface area contributed by atoms with E-state index in [2.05, 4.69) is 11.9 Å². The molecule has 0 saturated carbocycles. The van der Waals surface area contributed by atoms with Crippen molar-refractivity contribution in [1.29, 1.82) is 0 Å².